The molecule has 2 nitrogen and oxygen atoms in total. The zero-order chi connectivity index (χ0) is 11.4. The van der Waals surface area contributed by atoms with Crippen LogP contribution in [0.4, 0.5) is 0 Å². The van der Waals surface area contributed by atoms with Crippen molar-refractivity contribution in [1.29, 1.82) is 0 Å². The van der Waals surface area contributed by atoms with Gasteiger partial charge in [-0.3, -0.25) is 0 Å². The Kier molecular flexibility index (Phi) is 4.09. The fourth-order valence-electron chi connectivity index (χ4n) is 1.56. The summed E-state index contributed by atoms with van der Waals surface area (Å²) in [7, 11) is 0. The first-order chi connectivity index (χ1) is 7.77. The van der Waals surface area contributed by atoms with E-state index in [1.165, 1.54) is 10.6 Å². The maximum Gasteiger partial charge on any atom is 0.0965 e. The highest BCUT2D eigenvalue weighted by Gasteiger charge is 2.10. The Morgan fingerprint density at radius 2 is 2.25 bits per heavy atom. The molecule has 86 valence electrons. The van der Waals surface area contributed by atoms with Gasteiger partial charge < -0.3 is 5.32 Å². The van der Waals surface area contributed by atoms with Gasteiger partial charge in [-0.2, -0.15) is 11.3 Å². The summed E-state index contributed by atoms with van der Waals surface area (Å²) in [5, 5.41) is 11.1. The summed E-state index contributed by atoms with van der Waals surface area (Å²) in [4.78, 5) is 4.34. The first-order valence-corrected chi connectivity index (χ1v) is 7.24. The van der Waals surface area contributed by atoms with Gasteiger partial charge in [0.2, 0.25) is 0 Å². The molecular weight excluding hydrogens is 236 g/mol. The van der Waals surface area contributed by atoms with Crippen molar-refractivity contribution in [2.24, 2.45) is 0 Å². The third-order valence-electron chi connectivity index (χ3n) is 2.65. The summed E-state index contributed by atoms with van der Waals surface area (Å²) in [5.74, 6) is 0.487. The van der Waals surface area contributed by atoms with Gasteiger partial charge in [0, 0.05) is 30.1 Å². The summed E-state index contributed by atoms with van der Waals surface area (Å²) in [6, 6.07) is 2.60. The average molecular weight is 252 g/mol. The van der Waals surface area contributed by atoms with Gasteiger partial charge in [0.05, 0.1) is 5.01 Å². The molecule has 2 unspecified atom stereocenters. The lowest BCUT2D eigenvalue weighted by Gasteiger charge is -2.15. The monoisotopic (exact) mass is 252 g/mol. The number of nitrogens with zero attached hydrogens (tertiary/aromatic N) is 1. The van der Waals surface area contributed by atoms with Crippen molar-refractivity contribution >= 4 is 22.7 Å². The molecule has 0 radical (unpaired) electrons. The Hall–Kier alpha value is -0.710. The van der Waals surface area contributed by atoms with Gasteiger partial charge in [-0.25, -0.2) is 4.98 Å². The molecule has 1 N–H and O–H groups in total. The highest BCUT2D eigenvalue weighted by molar-refractivity contribution is 7.09. The van der Waals surface area contributed by atoms with Crippen LogP contribution in [0.5, 0.6) is 0 Å². The molecule has 0 aliphatic carbocycles. The van der Waals surface area contributed by atoms with Crippen LogP contribution in [0, 0.1) is 0 Å². The minimum atomic E-state index is 0.425. The predicted molar refractivity (Wildman–Crippen MR) is 71.3 cm³/mol. The molecule has 0 aliphatic rings. The number of aromatic nitrogens is 1. The van der Waals surface area contributed by atoms with Crippen LogP contribution in [0.25, 0.3) is 0 Å². The Labute approximate surface area is 104 Å². The second-order valence-corrected chi connectivity index (χ2v) is 5.66. The molecule has 2 aromatic rings. The van der Waals surface area contributed by atoms with E-state index in [2.05, 4.69) is 41.0 Å². The van der Waals surface area contributed by atoms with Crippen LogP contribution in [0.15, 0.2) is 28.4 Å². The summed E-state index contributed by atoms with van der Waals surface area (Å²) >= 11 is 3.48. The van der Waals surface area contributed by atoms with E-state index in [0.29, 0.717) is 12.0 Å². The van der Waals surface area contributed by atoms with Crippen LogP contribution in [0.2, 0.25) is 0 Å². The van der Waals surface area contributed by atoms with E-state index in [9.17, 15) is 0 Å². The lowest BCUT2D eigenvalue weighted by atomic mass is 10.1. The van der Waals surface area contributed by atoms with Gasteiger partial charge in [-0.15, -0.1) is 11.3 Å². The number of hydrogen-bond acceptors (Lipinski definition) is 4. The Morgan fingerprint density at radius 1 is 1.38 bits per heavy atom. The van der Waals surface area contributed by atoms with Gasteiger partial charge in [-0.05, 0) is 29.3 Å². The van der Waals surface area contributed by atoms with E-state index in [1.807, 2.05) is 11.6 Å². The van der Waals surface area contributed by atoms with Crippen molar-refractivity contribution in [2.45, 2.75) is 25.8 Å². The maximum absolute atomic E-state index is 4.34. The molecule has 0 saturated heterocycles. The minimum absolute atomic E-state index is 0.425. The Balaban J connectivity index is 1.84. The zero-order valence-corrected chi connectivity index (χ0v) is 11.1. The van der Waals surface area contributed by atoms with Gasteiger partial charge in [0.15, 0.2) is 0 Å². The normalized spacial score (nSPS) is 14.9. The number of rotatable bonds is 5. The molecule has 0 spiro atoms. The van der Waals surface area contributed by atoms with E-state index in [4.69, 9.17) is 0 Å². The average Bonchev–Trinajstić information content (AvgIpc) is 2.95. The van der Waals surface area contributed by atoms with E-state index >= 15 is 0 Å². The van der Waals surface area contributed by atoms with Gasteiger partial charge in [0.25, 0.3) is 0 Å². The van der Waals surface area contributed by atoms with Crippen molar-refractivity contribution in [3.63, 3.8) is 0 Å². The molecule has 0 bridgehead atoms. The summed E-state index contributed by atoms with van der Waals surface area (Å²) in [5.41, 5.74) is 1.37. The minimum Gasteiger partial charge on any atom is -0.309 e. The fourth-order valence-corrected chi connectivity index (χ4v) is 3.01. The fraction of sp³-hybridized carbons (Fsp3) is 0.417. The molecule has 4 heteroatoms. The molecule has 16 heavy (non-hydrogen) atoms. The molecular formula is C12H16N2S2. The number of thiophene rings is 1. The molecule has 0 saturated carbocycles. The Bertz CT molecular complexity index is 354. The summed E-state index contributed by atoms with van der Waals surface area (Å²) in [6.07, 6.45) is 1.87. The van der Waals surface area contributed by atoms with Crippen molar-refractivity contribution in [2.75, 3.05) is 6.54 Å². The van der Waals surface area contributed by atoms with E-state index in [1.54, 1.807) is 22.7 Å². The van der Waals surface area contributed by atoms with Crippen molar-refractivity contribution in [3.05, 3.63) is 39.0 Å². The molecule has 0 aliphatic heterocycles. The van der Waals surface area contributed by atoms with Crippen LogP contribution < -0.4 is 5.32 Å². The van der Waals surface area contributed by atoms with Gasteiger partial charge in [-0.1, -0.05) is 6.92 Å². The standard InChI is InChI=1S/C12H16N2S2/c1-9(12-13-4-6-16-12)7-14-10(2)11-3-5-15-8-11/h3-6,8-10,14H,7H2,1-2H3. The SMILES string of the molecule is CC(CNC(C)c1ccsc1)c1nccs1. The number of hydrogen-bond donors (Lipinski definition) is 1. The van der Waals surface area contributed by atoms with Crippen LogP contribution >= 0.6 is 22.7 Å². The van der Waals surface area contributed by atoms with Gasteiger partial charge in [0.1, 0.15) is 0 Å². The molecule has 0 fully saturated rings. The third kappa shape index (κ3) is 2.90. The van der Waals surface area contributed by atoms with E-state index in [0.717, 1.165) is 6.54 Å². The smallest absolute Gasteiger partial charge is 0.0965 e. The van der Waals surface area contributed by atoms with Crippen LogP contribution in [0.1, 0.15) is 36.4 Å². The largest absolute Gasteiger partial charge is 0.309 e. The van der Waals surface area contributed by atoms with Crippen molar-refractivity contribution in [1.82, 2.24) is 10.3 Å². The van der Waals surface area contributed by atoms with Crippen LogP contribution in [-0.2, 0) is 0 Å². The maximum atomic E-state index is 4.34. The summed E-state index contributed by atoms with van der Waals surface area (Å²) in [6.45, 7) is 5.40. The summed E-state index contributed by atoms with van der Waals surface area (Å²) < 4.78 is 0. The highest BCUT2D eigenvalue weighted by Crippen LogP contribution is 2.19. The van der Waals surface area contributed by atoms with E-state index in [-0.39, 0.29) is 0 Å². The predicted octanol–water partition coefficient (Wildman–Crippen LogP) is 3.66. The molecule has 2 rings (SSSR count). The van der Waals surface area contributed by atoms with Crippen molar-refractivity contribution in [3.8, 4) is 0 Å². The first-order valence-electron chi connectivity index (χ1n) is 5.42. The third-order valence-corrected chi connectivity index (χ3v) is 4.35. The van der Waals surface area contributed by atoms with Crippen LogP contribution in [-0.4, -0.2) is 11.5 Å². The number of nitrogens with one attached hydrogen (secondary N) is 1. The van der Waals surface area contributed by atoms with Gasteiger partial charge >= 0.3 is 0 Å². The quantitative estimate of drug-likeness (QED) is 0.878. The molecule has 0 aromatic carbocycles. The lowest BCUT2D eigenvalue weighted by molar-refractivity contribution is 0.537. The molecule has 2 atom stereocenters. The molecule has 0 amide bonds. The van der Waals surface area contributed by atoms with Crippen LogP contribution in [0.3, 0.4) is 0 Å². The number of thiazole rings is 1. The second-order valence-electron chi connectivity index (χ2n) is 3.96. The topological polar surface area (TPSA) is 24.9 Å². The molecule has 2 aromatic heterocycles. The first kappa shape index (κ1) is 11.8. The van der Waals surface area contributed by atoms with Crippen molar-refractivity contribution < 1.29 is 0 Å². The highest BCUT2D eigenvalue weighted by atomic mass is 32.1. The lowest BCUT2D eigenvalue weighted by Crippen LogP contribution is -2.23. The Morgan fingerprint density at radius 3 is 2.88 bits per heavy atom. The van der Waals surface area contributed by atoms with E-state index < -0.39 is 0 Å². The molecule has 2 heterocycles. The second kappa shape index (κ2) is 5.57. The zero-order valence-electron chi connectivity index (χ0n) is 9.51.